The van der Waals surface area contributed by atoms with E-state index in [1.807, 2.05) is 0 Å². The Kier molecular flexibility index (Phi) is 8.71. The molecule has 11 heteroatoms. The summed E-state index contributed by atoms with van der Waals surface area (Å²) in [5.74, 6) is -2.68. The fraction of sp³-hybridized carbons (Fsp3) is 0.321. The number of anilines is 1. The van der Waals surface area contributed by atoms with Crippen LogP contribution >= 0.6 is 23.2 Å². The molecule has 0 unspecified atom stereocenters. The van der Waals surface area contributed by atoms with Crippen LogP contribution in [-0.2, 0) is 22.2 Å². The molecule has 3 aromatic rings. The monoisotopic (exact) mass is 580 g/mol. The zero-order valence-electron chi connectivity index (χ0n) is 20.6. The number of hydrogen-bond acceptors (Lipinski definition) is 3. The number of halogens is 5. The van der Waals surface area contributed by atoms with Crippen molar-refractivity contribution in [2.45, 2.75) is 50.7 Å². The molecule has 0 aromatic heterocycles. The summed E-state index contributed by atoms with van der Waals surface area (Å²) in [4.78, 5) is 38.4. The second kappa shape index (κ2) is 11.8. The van der Waals surface area contributed by atoms with E-state index >= 15 is 0 Å². The van der Waals surface area contributed by atoms with Gasteiger partial charge in [-0.3, -0.25) is 9.59 Å². The summed E-state index contributed by atoms with van der Waals surface area (Å²) in [5, 5.41) is 15.8. The molecular formula is C28H25Cl2F3N2O4. The van der Waals surface area contributed by atoms with Crippen LogP contribution in [-0.4, -0.2) is 28.9 Å². The number of carbonyl (C=O) groups excluding carboxylic acids is 2. The lowest BCUT2D eigenvalue weighted by Gasteiger charge is -2.28. The number of carboxylic acids is 1. The highest BCUT2D eigenvalue weighted by Crippen LogP contribution is 2.36. The molecule has 1 aliphatic carbocycles. The van der Waals surface area contributed by atoms with E-state index in [2.05, 4.69) is 10.6 Å². The zero-order chi connectivity index (χ0) is 28.3. The number of benzene rings is 3. The average Bonchev–Trinajstić information content (AvgIpc) is 2.88. The summed E-state index contributed by atoms with van der Waals surface area (Å²) in [6, 6.07) is 10.5. The number of carboxylic acid groups (broad SMARTS) is 1. The first-order valence-corrected chi connectivity index (χ1v) is 13.1. The normalized spacial score (nSPS) is 15.1. The summed E-state index contributed by atoms with van der Waals surface area (Å²) in [7, 11) is 0. The van der Waals surface area contributed by atoms with E-state index < -0.39 is 42.0 Å². The van der Waals surface area contributed by atoms with Gasteiger partial charge >= 0.3 is 12.1 Å². The van der Waals surface area contributed by atoms with Crippen molar-refractivity contribution in [3.05, 3.63) is 75.3 Å². The quantitative estimate of drug-likeness (QED) is 0.277. The standard InChI is InChI=1S/C28H25Cl2F3N2O4/c29-21-12-18(28(31,32)33)13-22(30)19(21)14-24(36)34-23-11-17-9-5-4-8-16(17)10-20(23)26(37)35-25(27(38)39)15-6-2-1-3-7-15/h4-5,8-13,15,25H,1-3,6-7,14H2,(H,34,36)(H,35,37)(H,38,39)/t25-/m0/s1. The lowest BCUT2D eigenvalue weighted by Crippen LogP contribution is -2.46. The van der Waals surface area contributed by atoms with Crippen molar-refractivity contribution in [2.75, 3.05) is 5.32 Å². The van der Waals surface area contributed by atoms with Gasteiger partial charge in [-0.2, -0.15) is 13.2 Å². The van der Waals surface area contributed by atoms with E-state index in [0.717, 1.165) is 19.3 Å². The molecule has 6 nitrogen and oxygen atoms in total. The SMILES string of the molecule is O=C(Cc1c(Cl)cc(C(F)(F)F)cc1Cl)Nc1cc2ccccc2cc1C(=O)N[C@H](C(=O)O)C1CCCCC1. The van der Waals surface area contributed by atoms with Crippen molar-refractivity contribution in [1.29, 1.82) is 0 Å². The first kappa shape index (κ1) is 28.7. The van der Waals surface area contributed by atoms with Gasteiger partial charge in [0.15, 0.2) is 0 Å². The Balaban J connectivity index is 1.62. The van der Waals surface area contributed by atoms with Gasteiger partial charge < -0.3 is 15.7 Å². The molecule has 1 saturated carbocycles. The van der Waals surface area contributed by atoms with E-state index in [9.17, 15) is 32.7 Å². The molecule has 39 heavy (non-hydrogen) atoms. The molecule has 0 saturated heterocycles. The Morgan fingerprint density at radius 1 is 0.949 bits per heavy atom. The highest BCUT2D eigenvalue weighted by molar-refractivity contribution is 6.36. The van der Waals surface area contributed by atoms with Gasteiger partial charge in [-0.25, -0.2) is 4.79 Å². The molecule has 206 valence electrons. The fourth-order valence-electron chi connectivity index (χ4n) is 4.89. The smallest absolute Gasteiger partial charge is 0.416 e. The summed E-state index contributed by atoms with van der Waals surface area (Å²) in [6.07, 6.45) is -0.950. The Bertz CT molecular complexity index is 1400. The minimum absolute atomic E-state index is 0.00105. The summed E-state index contributed by atoms with van der Waals surface area (Å²) < 4.78 is 39.2. The molecule has 0 spiro atoms. The lowest BCUT2D eigenvalue weighted by atomic mass is 9.83. The fourth-order valence-corrected chi connectivity index (χ4v) is 5.51. The minimum atomic E-state index is -4.66. The van der Waals surface area contributed by atoms with Crippen molar-refractivity contribution in [3.8, 4) is 0 Å². The molecule has 1 atom stereocenters. The van der Waals surface area contributed by atoms with Gasteiger partial charge in [0.1, 0.15) is 6.04 Å². The van der Waals surface area contributed by atoms with Crippen molar-refractivity contribution >= 4 is 57.4 Å². The number of carbonyl (C=O) groups is 3. The van der Waals surface area contributed by atoms with E-state index in [4.69, 9.17) is 23.2 Å². The second-order valence-electron chi connectivity index (χ2n) is 9.57. The molecule has 3 N–H and O–H groups in total. The first-order chi connectivity index (χ1) is 18.4. The van der Waals surface area contributed by atoms with Crippen molar-refractivity contribution in [2.24, 2.45) is 5.92 Å². The minimum Gasteiger partial charge on any atom is -0.480 e. The number of rotatable bonds is 7. The third-order valence-electron chi connectivity index (χ3n) is 6.88. The van der Waals surface area contributed by atoms with Crippen LogP contribution in [0, 0.1) is 5.92 Å². The van der Waals surface area contributed by atoms with Gasteiger partial charge in [0.2, 0.25) is 5.91 Å². The highest BCUT2D eigenvalue weighted by atomic mass is 35.5. The summed E-state index contributed by atoms with van der Waals surface area (Å²) in [6.45, 7) is 0. The van der Waals surface area contributed by atoms with Gasteiger partial charge in [-0.1, -0.05) is 66.7 Å². The van der Waals surface area contributed by atoms with Gasteiger partial charge in [-0.15, -0.1) is 0 Å². The predicted octanol–water partition coefficient (Wildman–Crippen LogP) is 7.11. The second-order valence-corrected chi connectivity index (χ2v) is 10.4. The van der Waals surface area contributed by atoms with Crippen molar-refractivity contribution in [3.63, 3.8) is 0 Å². The molecule has 0 heterocycles. The van der Waals surface area contributed by atoms with E-state index in [0.29, 0.717) is 35.7 Å². The number of hydrogen-bond donors (Lipinski definition) is 3. The molecule has 0 radical (unpaired) electrons. The number of nitrogens with one attached hydrogen (secondary N) is 2. The van der Waals surface area contributed by atoms with E-state index in [-0.39, 0.29) is 32.8 Å². The van der Waals surface area contributed by atoms with E-state index in [1.165, 1.54) is 0 Å². The maximum atomic E-state index is 13.4. The molecular weight excluding hydrogens is 556 g/mol. The molecule has 0 bridgehead atoms. The average molecular weight is 581 g/mol. The van der Waals surface area contributed by atoms with Crippen LogP contribution < -0.4 is 10.6 Å². The van der Waals surface area contributed by atoms with Gasteiger partial charge in [0.25, 0.3) is 5.91 Å². The third-order valence-corrected chi connectivity index (χ3v) is 7.56. The summed E-state index contributed by atoms with van der Waals surface area (Å²) >= 11 is 12.0. The molecule has 4 rings (SSSR count). The molecule has 1 aliphatic rings. The Labute approximate surface area is 232 Å². The molecule has 1 fully saturated rings. The predicted molar refractivity (Wildman–Crippen MR) is 143 cm³/mol. The van der Waals surface area contributed by atoms with Crippen LogP contribution in [0.15, 0.2) is 48.5 Å². The lowest BCUT2D eigenvalue weighted by molar-refractivity contribution is -0.141. The first-order valence-electron chi connectivity index (χ1n) is 12.4. The maximum Gasteiger partial charge on any atom is 0.416 e. The van der Waals surface area contributed by atoms with Crippen LogP contribution in [0.2, 0.25) is 10.0 Å². The number of aliphatic carboxylic acids is 1. The van der Waals surface area contributed by atoms with Crippen LogP contribution in [0.4, 0.5) is 18.9 Å². The molecule has 3 aromatic carbocycles. The van der Waals surface area contributed by atoms with Crippen molar-refractivity contribution in [1.82, 2.24) is 5.32 Å². The topological polar surface area (TPSA) is 95.5 Å². The zero-order valence-corrected chi connectivity index (χ0v) is 22.1. The van der Waals surface area contributed by atoms with Gasteiger partial charge in [-0.05, 0) is 59.4 Å². The maximum absolute atomic E-state index is 13.4. The number of fused-ring (bicyclic) bond motifs is 1. The summed E-state index contributed by atoms with van der Waals surface area (Å²) in [5.41, 5.74) is -0.878. The van der Waals surface area contributed by atoms with E-state index in [1.54, 1.807) is 36.4 Å². The van der Waals surface area contributed by atoms with Crippen LogP contribution in [0.1, 0.15) is 53.6 Å². The number of amides is 2. The Morgan fingerprint density at radius 2 is 1.54 bits per heavy atom. The molecule has 2 amide bonds. The van der Waals surface area contributed by atoms with Crippen molar-refractivity contribution < 1.29 is 32.7 Å². The van der Waals surface area contributed by atoms with Crippen LogP contribution in [0.5, 0.6) is 0 Å². The third kappa shape index (κ3) is 6.83. The Morgan fingerprint density at radius 3 is 2.10 bits per heavy atom. The van der Waals surface area contributed by atoms with Crippen LogP contribution in [0.25, 0.3) is 10.8 Å². The highest BCUT2D eigenvalue weighted by Gasteiger charge is 2.33. The number of alkyl halides is 3. The molecule has 0 aliphatic heterocycles. The Hall–Kier alpha value is -3.30. The largest absolute Gasteiger partial charge is 0.480 e. The van der Waals surface area contributed by atoms with Crippen LogP contribution in [0.3, 0.4) is 0 Å². The van der Waals surface area contributed by atoms with Gasteiger partial charge in [0.05, 0.1) is 23.2 Å². The van der Waals surface area contributed by atoms with Gasteiger partial charge in [0, 0.05) is 10.0 Å².